The van der Waals surface area contributed by atoms with E-state index in [4.69, 9.17) is 15.2 Å². The maximum absolute atomic E-state index is 12.4. The van der Waals surface area contributed by atoms with E-state index in [2.05, 4.69) is 14.5 Å². The van der Waals surface area contributed by atoms with Crippen molar-refractivity contribution in [2.45, 2.75) is 26.8 Å². The zero-order valence-corrected chi connectivity index (χ0v) is 14.6. The molecule has 0 fully saturated rings. The molecule has 134 valence electrons. The largest absolute Gasteiger partial charge is 0.452 e. The minimum Gasteiger partial charge on any atom is -0.452 e. The monoisotopic (exact) mass is 346 g/mol. The van der Waals surface area contributed by atoms with E-state index in [1.165, 1.54) is 12.4 Å². The lowest BCUT2D eigenvalue weighted by Crippen LogP contribution is -2.17. The van der Waals surface area contributed by atoms with Crippen LogP contribution in [0.3, 0.4) is 0 Å². The average Bonchev–Trinajstić information content (AvgIpc) is 2.88. The number of methoxy groups -OCH3 is 1. The molecule has 0 saturated carbocycles. The number of ketones is 1. The first kappa shape index (κ1) is 18.6. The molecule has 2 rings (SSSR count). The quantitative estimate of drug-likeness (QED) is 0.439. The van der Waals surface area contributed by atoms with Crippen molar-refractivity contribution < 1.29 is 19.1 Å². The number of Topliss-reactive ketones (excluding diaryl/α,β-unsaturated/α-hetero) is 1. The second-order valence-corrected chi connectivity index (χ2v) is 5.57. The Kier molecular flexibility index (Phi) is 6.24. The highest BCUT2D eigenvalue weighted by atomic mass is 16.5. The SMILES string of the molecule is COCCCn1c(C)cc(C(=O)COC(=O)c2nccnc2N)c1C. The Labute approximate surface area is 146 Å². The summed E-state index contributed by atoms with van der Waals surface area (Å²) in [5.74, 6) is -1.08. The van der Waals surface area contributed by atoms with Crippen molar-refractivity contribution in [2.24, 2.45) is 0 Å². The van der Waals surface area contributed by atoms with E-state index < -0.39 is 5.97 Å². The second-order valence-electron chi connectivity index (χ2n) is 5.57. The third kappa shape index (κ3) is 4.42. The fourth-order valence-corrected chi connectivity index (χ4v) is 2.58. The number of ether oxygens (including phenoxy) is 2. The Morgan fingerprint density at radius 2 is 1.96 bits per heavy atom. The van der Waals surface area contributed by atoms with Crippen molar-refractivity contribution in [2.75, 3.05) is 26.1 Å². The molecule has 2 aromatic rings. The highest BCUT2D eigenvalue weighted by molar-refractivity contribution is 6.00. The number of aryl methyl sites for hydroxylation is 1. The van der Waals surface area contributed by atoms with Crippen LogP contribution >= 0.6 is 0 Å². The van der Waals surface area contributed by atoms with Gasteiger partial charge in [0.1, 0.15) is 0 Å². The average molecular weight is 346 g/mol. The van der Waals surface area contributed by atoms with Crippen LogP contribution in [0.25, 0.3) is 0 Å². The van der Waals surface area contributed by atoms with Crippen LogP contribution in [0.2, 0.25) is 0 Å². The number of hydrogen-bond acceptors (Lipinski definition) is 7. The van der Waals surface area contributed by atoms with E-state index in [0.29, 0.717) is 12.2 Å². The van der Waals surface area contributed by atoms with Crippen LogP contribution in [0.4, 0.5) is 5.82 Å². The molecule has 8 heteroatoms. The summed E-state index contributed by atoms with van der Waals surface area (Å²) in [6.07, 6.45) is 3.56. The van der Waals surface area contributed by atoms with Crippen LogP contribution in [0, 0.1) is 13.8 Å². The smallest absolute Gasteiger partial charge is 0.361 e. The molecule has 2 N–H and O–H groups in total. The van der Waals surface area contributed by atoms with E-state index in [0.717, 1.165) is 24.4 Å². The van der Waals surface area contributed by atoms with Crippen molar-refractivity contribution in [3.63, 3.8) is 0 Å². The van der Waals surface area contributed by atoms with Gasteiger partial charge in [0.05, 0.1) is 0 Å². The minimum atomic E-state index is -0.771. The summed E-state index contributed by atoms with van der Waals surface area (Å²) in [6.45, 7) is 4.84. The normalized spacial score (nSPS) is 10.7. The number of carbonyl (C=O) groups excluding carboxylic acids is 2. The summed E-state index contributed by atoms with van der Waals surface area (Å²) in [4.78, 5) is 31.9. The first-order chi connectivity index (χ1) is 12.0. The molecular weight excluding hydrogens is 324 g/mol. The molecule has 0 aliphatic heterocycles. The molecule has 2 heterocycles. The summed E-state index contributed by atoms with van der Waals surface area (Å²) in [5, 5.41) is 0. The van der Waals surface area contributed by atoms with Gasteiger partial charge in [-0.1, -0.05) is 0 Å². The zero-order chi connectivity index (χ0) is 18.4. The lowest BCUT2D eigenvalue weighted by molar-refractivity contribution is 0.0469. The van der Waals surface area contributed by atoms with Crippen LogP contribution in [0.5, 0.6) is 0 Å². The number of rotatable bonds is 8. The van der Waals surface area contributed by atoms with Gasteiger partial charge in [-0.25, -0.2) is 14.8 Å². The summed E-state index contributed by atoms with van der Waals surface area (Å²) in [5.41, 5.74) is 7.83. The van der Waals surface area contributed by atoms with Crippen LogP contribution < -0.4 is 5.73 Å². The van der Waals surface area contributed by atoms with Gasteiger partial charge >= 0.3 is 5.97 Å². The van der Waals surface area contributed by atoms with Gasteiger partial charge in [-0.2, -0.15) is 0 Å². The number of nitrogens with zero attached hydrogens (tertiary/aromatic N) is 3. The molecule has 0 aliphatic rings. The Hall–Kier alpha value is -2.74. The predicted molar refractivity (Wildman–Crippen MR) is 91.5 cm³/mol. The standard InChI is InChI=1S/C17H22N4O4/c1-11-9-13(12(2)21(11)7-4-8-24-3)14(22)10-25-17(23)15-16(18)20-6-5-19-15/h5-6,9H,4,7-8,10H2,1-3H3,(H2,18,20). The lowest BCUT2D eigenvalue weighted by Gasteiger charge is -2.09. The van der Waals surface area contributed by atoms with E-state index in [1.54, 1.807) is 13.2 Å². The summed E-state index contributed by atoms with van der Waals surface area (Å²) < 4.78 is 12.1. The number of esters is 1. The molecule has 0 bridgehead atoms. The Bertz CT molecular complexity index is 770. The molecule has 2 aromatic heterocycles. The van der Waals surface area contributed by atoms with Gasteiger partial charge < -0.3 is 19.8 Å². The summed E-state index contributed by atoms with van der Waals surface area (Å²) >= 11 is 0. The predicted octanol–water partition coefficient (Wildman–Crippen LogP) is 1.55. The molecule has 0 aliphatic carbocycles. The third-order valence-corrected chi connectivity index (χ3v) is 3.86. The van der Waals surface area contributed by atoms with Gasteiger partial charge in [-0.05, 0) is 26.3 Å². The van der Waals surface area contributed by atoms with Crippen LogP contribution in [0.15, 0.2) is 18.5 Å². The molecule has 0 unspecified atom stereocenters. The fraction of sp³-hybridized carbons (Fsp3) is 0.412. The Morgan fingerprint density at radius 3 is 2.64 bits per heavy atom. The van der Waals surface area contributed by atoms with E-state index in [9.17, 15) is 9.59 Å². The molecule has 0 amide bonds. The van der Waals surface area contributed by atoms with E-state index in [1.807, 2.05) is 13.8 Å². The number of carbonyl (C=O) groups is 2. The van der Waals surface area contributed by atoms with Crippen molar-refractivity contribution in [1.82, 2.24) is 14.5 Å². The van der Waals surface area contributed by atoms with Crippen molar-refractivity contribution in [3.8, 4) is 0 Å². The van der Waals surface area contributed by atoms with Gasteiger partial charge in [0, 0.05) is 49.6 Å². The Morgan fingerprint density at radius 1 is 1.24 bits per heavy atom. The summed E-state index contributed by atoms with van der Waals surface area (Å²) in [6, 6.07) is 1.80. The lowest BCUT2D eigenvalue weighted by atomic mass is 10.1. The Balaban J connectivity index is 2.02. The highest BCUT2D eigenvalue weighted by Gasteiger charge is 2.19. The number of hydrogen-bond donors (Lipinski definition) is 1. The maximum Gasteiger partial charge on any atom is 0.361 e. The van der Waals surface area contributed by atoms with Gasteiger partial charge in [0.2, 0.25) is 5.78 Å². The van der Waals surface area contributed by atoms with Crippen molar-refractivity contribution >= 4 is 17.6 Å². The number of anilines is 1. The van der Waals surface area contributed by atoms with Crippen molar-refractivity contribution in [1.29, 1.82) is 0 Å². The topological polar surface area (TPSA) is 109 Å². The number of nitrogen functional groups attached to an aromatic ring is 1. The van der Waals surface area contributed by atoms with Gasteiger partial charge in [0.15, 0.2) is 18.1 Å². The molecule has 8 nitrogen and oxygen atoms in total. The van der Waals surface area contributed by atoms with E-state index in [-0.39, 0.29) is 23.9 Å². The molecule has 25 heavy (non-hydrogen) atoms. The van der Waals surface area contributed by atoms with Crippen LogP contribution in [0.1, 0.15) is 38.7 Å². The molecule has 0 saturated heterocycles. The molecule has 0 aromatic carbocycles. The molecule has 0 radical (unpaired) electrons. The van der Waals surface area contributed by atoms with Gasteiger partial charge in [-0.15, -0.1) is 0 Å². The van der Waals surface area contributed by atoms with Crippen LogP contribution in [-0.4, -0.2) is 46.6 Å². The fourth-order valence-electron chi connectivity index (χ4n) is 2.58. The first-order valence-electron chi connectivity index (χ1n) is 7.88. The first-order valence-corrected chi connectivity index (χ1v) is 7.88. The zero-order valence-electron chi connectivity index (χ0n) is 14.6. The van der Waals surface area contributed by atoms with Crippen molar-refractivity contribution in [3.05, 3.63) is 41.1 Å². The number of nitrogens with two attached hydrogens (primary N) is 1. The second kappa shape index (κ2) is 8.39. The van der Waals surface area contributed by atoms with Crippen LogP contribution in [-0.2, 0) is 16.0 Å². The number of aromatic nitrogens is 3. The summed E-state index contributed by atoms with van der Waals surface area (Å²) in [7, 11) is 1.66. The highest BCUT2D eigenvalue weighted by Crippen LogP contribution is 2.17. The third-order valence-electron chi connectivity index (χ3n) is 3.86. The minimum absolute atomic E-state index is 0.0312. The maximum atomic E-state index is 12.4. The molecule has 0 spiro atoms. The van der Waals surface area contributed by atoms with Gasteiger partial charge in [0.25, 0.3) is 0 Å². The van der Waals surface area contributed by atoms with Gasteiger partial charge in [-0.3, -0.25) is 4.79 Å². The molecule has 0 atom stereocenters. The molecular formula is C17H22N4O4. The van der Waals surface area contributed by atoms with E-state index >= 15 is 0 Å².